The van der Waals surface area contributed by atoms with E-state index in [-0.39, 0.29) is 12.2 Å². The van der Waals surface area contributed by atoms with Crippen LogP contribution >= 0.6 is 0 Å². The fourth-order valence-corrected chi connectivity index (χ4v) is 1.85. The highest BCUT2D eigenvalue weighted by Gasteiger charge is 2.37. The first-order valence-corrected chi connectivity index (χ1v) is 7.24. The number of carbonyl (C=O) groups excluding carboxylic acids is 2. The molecule has 7 heteroatoms. The zero-order valence-electron chi connectivity index (χ0n) is 13.9. The maximum absolute atomic E-state index is 13.2. The predicted octanol–water partition coefficient (Wildman–Crippen LogP) is 4.24. The topological polar surface area (TPSA) is 52.6 Å². The molecule has 132 valence electrons. The maximum Gasteiger partial charge on any atom is 0.417 e. The van der Waals surface area contributed by atoms with Crippen LogP contribution < -0.4 is 0 Å². The standard InChI is InChI=1S/C17H19F3O4/c1-5-23-13(21)10-9-11-7-6-8-12(17(18,19)20)14(11)15(22)24-16(2,3)4/h6-10H,5H2,1-4H3. The van der Waals surface area contributed by atoms with Gasteiger partial charge in [0, 0.05) is 6.08 Å². The molecule has 0 saturated heterocycles. The van der Waals surface area contributed by atoms with Crippen LogP contribution in [0.15, 0.2) is 24.3 Å². The van der Waals surface area contributed by atoms with E-state index in [1.165, 1.54) is 6.07 Å². The van der Waals surface area contributed by atoms with Crippen LogP contribution in [0.2, 0.25) is 0 Å². The second-order valence-electron chi connectivity index (χ2n) is 5.85. The minimum Gasteiger partial charge on any atom is -0.463 e. The third-order valence-corrected chi connectivity index (χ3v) is 2.69. The number of esters is 2. The van der Waals surface area contributed by atoms with Crippen LogP contribution in [-0.4, -0.2) is 24.1 Å². The molecule has 0 atom stereocenters. The summed E-state index contributed by atoms with van der Waals surface area (Å²) in [6.07, 6.45) is -2.67. The van der Waals surface area contributed by atoms with Crippen LogP contribution in [-0.2, 0) is 20.4 Å². The van der Waals surface area contributed by atoms with E-state index in [9.17, 15) is 22.8 Å². The molecule has 0 N–H and O–H groups in total. The first kappa shape index (κ1) is 19.7. The van der Waals surface area contributed by atoms with E-state index < -0.39 is 34.8 Å². The lowest BCUT2D eigenvalue weighted by molar-refractivity contribution is -0.138. The van der Waals surface area contributed by atoms with Crippen molar-refractivity contribution in [3.63, 3.8) is 0 Å². The molecule has 0 radical (unpaired) electrons. The van der Waals surface area contributed by atoms with Crippen molar-refractivity contribution in [2.45, 2.75) is 39.5 Å². The van der Waals surface area contributed by atoms with E-state index in [1.807, 2.05) is 0 Å². The Kier molecular flexibility index (Phi) is 6.17. The van der Waals surface area contributed by atoms with Crippen LogP contribution in [0.3, 0.4) is 0 Å². The largest absolute Gasteiger partial charge is 0.463 e. The van der Waals surface area contributed by atoms with Crippen molar-refractivity contribution in [2.24, 2.45) is 0 Å². The molecular formula is C17H19F3O4. The fraction of sp³-hybridized carbons (Fsp3) is 0.412. The predicted molar refractivity (Wildman–Crippen MR) is 82.3 cm³/mol. The highest BCUT2D eigenvalue weighted by molar-refractivity contribution is 5.97. The Hall–Kier alpha value is -2.31. The number of halogens is 3. The minimum absolute atomic E-state index is 0.0767. The van der Waals surface area contributed by atoms with Gasteiger partial charge in [-0.1, -0.05) is 12.1 Å². The van der Waals surface area contributed by atoms with Gasteiger partial charge in [-0.25, -0.2) is 9.59 Å². The summed E-state index contributed by atoms with van der Waals surface area (Å²) >= 11 is 0. The van der Waals surface area contributed by atoms with E-state index in [0.717, 1.165) is 24.3 Å². The molecule has 0 aliphatic rings. The number of carbonyl (C=O) groups is 2. The third kappa shape index (κ3) is 5.72. The van der Waals surface area contributed by atoms with Gasteiger partial charge in [0.2, 0.25) is 0 Å². The van der Waals surface area contributed by atoms with Gasteiger partial charge in [-0.05, 0) is 45.4 Å². The maximum atomic E-state index is 13.2. The monoisotopic (exact) mass is 344 g/mol. The first-order chi connectivity index (χ1) is 11.0. The third-order valence-electron chi connectivity index (χ3n) is 2.69. The molecule has 0 amide bonds. The number of rotatable bonds is 4. The average molecular weight is 344 g/mol. The van der Waals surface area contributed by atoms with Gasteiger partial charge in [-0.15, -0.1) is 0 Å². The van der Waals surface area contributed by atoms with Gasteiger partial charge < -0.3 is 9.47 Å². The molecule has 1 rings (SSSR count). The second-order valence-corrected chi connectivity index (χ2v) is 5.85. The molecule has 0 aliphatic carbocycles. The van der Waals surface area contributed by atoms with Gasteiger partial charge in [-0.3, -0.25) is 0 Å². The molecule has 0 saturated carbocycles. The van der Waals surface area contributed by atoms with Crippen LogP contribution in [0.5, 0.6) is 0 Å². The van der Waals surface area contributed by atoms with E-state index in [2.05, 4.69) is 4.74 Å². The lowest BCUT2D eigenvalue weighted by Crippen LogP contribution is -2.26. The molecule has 4 nitrogen and oxygen atoms in total. The van der Waals surface area contributed by atoms with Gasteiger partial charge in [0.05, 0.1) is 17.7 Å². The molecule has 24 heavy (non-hydrogen) atoms. The number of hydrogen-bond donors (Lipinski definition) is 0. The Morgan fingerprint density at radius 3 is 2.29 bits per heavy atom. The summed E-state index contributed by atoms with van der Waals surface area (Å²) in [5.41, 5.74) is -2.80. The number of benzene rings is 1. The summed E-state index contributed by atoms with van der Waals surface area (Å²) in [6, 6.07) is 3.24. The normalized spacial score (nSPS) is 12.3. The molecule has 0 unspecified atom stereocenters. The zero-order chi connectivity index (χ0) is 18.5. The number of alkyl halides is 3. The van der Waals surface area contributed by atoms with Crippen molar-refractivity contribution in [2.75, 3.05) is 6.61 Å². The first-order valence-electron chi connectivity index (χ1n) is 7.24. The van der Waals surface area contributed by atoms with E-state index in [1.54, 1.807) is 27.7 Å². The summed E-state index contributed by atoms with van der Waals surface area (Å²) in [5.74, 6) is -1.83. The smallest absolute Gasteiger partial charge is 0.417 e. The molecule has 0 spiro atoms. The quantitative estimate of drug-likeness (QED) is 0.606. The molecule has 0 aliphatic heterocycles. The van der Waals surface area contributed by atoms with Gasteiger partial charge >= 0.3 is 18.1 Å². The number of hydrogen-bond acceptors (Lipinski definition) is 4. The van der Waals surface area contributed by atoms with Crippen molar-refractivity contribution in [1.29, 1.82) is 0 Å². The highest BCUT2D eigenvalue weighted by atomic mass is 19.4. The SMILES string of the molecule is CCOC(=O)C=Cc1cccc(C(F)(F)F)c1C(=O)OC(C)(C)C. The van der Waals surface area contributed by atoms with E-state index in [4.69, 9.17) is 4.74 Å². The molecule has 0 heterocycles. The molecule has 0 bridgehead atoms. The molecular weight excluding hydrogens is 325 g/mol. The van der Waals surface area contributed by atoms with Crippen LogP contribution in [0.1, 0.15) is 49.2 Å². The summed E-state index contributed by atoms with van der Waals surface area (Å²) in [6.45, 7) is 6.38. The minimum atomic E-state index is -4.74. The van der Waals surface area contributed by atoms with Crippen molar-refractivity contribution < 1.29 is 32.2 Å². The summed E-state index contributed by atoms with van der Waals surface area (Å²) in [5, 5.41) is 0. The average Bonchev–Trinajstić information content (AvgIpc) is 2.42. The van der Waals surface area contributed by atoms with Gasteiger partial charge in [0.15, 0.2) is 0 Å². The van der Waals surface area contributed by atoms with Gasteiger partial charge in [-0.2, -0.15) is 13.2 Å². The molecule has 0 aromatic heterocycles. The van der Waals surface area contributed by atoms with E-state index >= 15 is 0 Å². The van der Waals surface area contributed by atoms with Crippen molar-refractivity contribution in [1.82, 2.24) is 0 Å². The zero-order valence-corrected chi connectivity index (χ0v) is 13.9. The van der Waals surface area contributed by atoms with Crippen molar-refractivity contribution in [3.8, 4) is 0 Å². The lowest BCUT2D eigenvalue weighted by atomic mass is 9.99. The Labute approximate surface area is 138 Å². The van der Waals surface area contributed by atoms with Gasteiger partial charge in [0.1, 0.15) is 5.60 Å². The van der Waals surface area contributed by atoms with Gasteiger partial charge in [0.25, 0.3) is 0 Å². The highest BCUT2D eigenvalue weighted by Crippen LogP contribution is 2.34. The Morgan fingerprint density at radius 1 is 1.17 bits per heavy atom. The Bertz CT molecular complexity index is 640. The van der Waals surface area contributed by atoms with Crippen LogP contribution in [0, 0.1) is 0 Å². The number of ether oxygens (including phenoxy) is 2. The molecule has 1 aromatic rings. The molecule has 1 aromatic carbocycles. The summed E-state index contributed by atoms with van der Waals surface area (Å²) < 4.78 is 49.4. The lowest BCUT2D eigenvalue weighted by Gasteiger charge is -2.22. The van der Waals surface area contributed by atoms with Crippen LogP contribution in [0.25, 0.3) is 6.08 Å². The van der Waals surface area contributed by atoms with Crippen molar-refractivity contribution >= 4 is 18.0 Å². The second kappa shape index (κ2) is 7.51. The fourth-order valence-electron chi connectivity index (χ4n) is 1.85. The van der Waals surface area contributed by atoms with E-state index in [0.29, 0.717) is 0 Å². The Morgan fingerprint density at radius 2 is 1.79 bits per heavy atom. The van der Waals surface area contributed by atoms with Crippen molar-refractivity contribution in [3.05, 3.63) is 41.0 Å². The Balaban J connectivity index is 3.38. The van der Waals surface area contributed by atoms with Crippen LogP contribution in [0.4, 0.5) is 13.2 Å². The summed E-state index contributed by atoms with van der Waals surface area (Å²) in [4.78, 5) is 23.6. The molecule has 0 fully saturated rings. The summed E-state index contributed by atoms with van der Waals surface area (Å²) in [7, 11) is 0.